The molecule has 4 rings (SSSR count). The van der Waals surface area contributed by atoms with Gasteiger partial charge in [0.25, 0.3) is 0 Å². The lowest BCUT2D eigenvalue weighted by Gasteiger charge is -2.57. The van der Waals surface area contributed by atoms with Crippen molar-refractivity contribution in [1.29, 1.82) is 0 Å². The Bertz CT molecular complexity index is 177. The second-order valence-electron chi connectivity index (χ2n) is 5.32. The number of rotatable bonds is 0. The van der Waals surface area contributed by atoms with Crippen molar-refractivity contribution in [2.75, 3.05) is 0 Å². The van der Waals surface area contributed by atoms with Gasteiger partial charge >= 0.3 is 0 Å². The van der Waals surface area contributed by atoms with Crippen LogP contribution < -0.4 is 0 Å². The quantitative estimate of drug-likeness (QED) is 0.583. The summed E-state index contributed by atoms with van der Waals surface area (Å²) in [6, 6.07) is 0. The van der Waals surface area contributed by atoms with Crippen LogP contribution in [0.15, 0.2) is 0 Å². The second-order valence-corrected chi connectivity index (χ2v) is 5.32. The molecule has 67 valence electrons. The maximum absolute atomic E-state index is 10.3. The summed E-state index contributed by atoms with van der Waals surface area (Å²) < 4.78 is 0. The molecule has 4 saturated carbocycles. The predicted molar refractivity (Wildman–Crippen MR) is 47.4 cm³/mol. The van der Waals surface area contributed by atoms with Gasteiger partial charge in [0.15, 0.2) is 0 Å². The van der Waals surface area contributed by atoms with Crippen LogP contribution in [0.1, 0.15) is 39.0 Å². The summed E-state index contributed by atoms with van der Waals surface area (Å²) in [4.78, 5) is 0. The molecule has 0 aliphatic heterocycles. The minimum Gasteiger partial charge on any atom is -0.390 e. The zero-order chi connectivity index (χ0) is 8.34. The average molecular weight is 165 g/mol. The summed E-state index contributed by atoms with van der Waals surface area (Å²) in [6.45, 7) is 2.07. The van der Waals surface area contributed by atoms with Crippen molar-refractivity contribution in [3.8, 4) is 0 Å². The molecule has 1 nitrogen and oxygen atoms in total. The fraction of sp³-hybridized carbons (Fsp3) is 0.909. The van der Waals surface area contributed by atoms with E-state index in [0.717, 1.165) is 5.92 Å². The highest BCUT2D eigenvalue weighted by atomic mass is 16.3. The lowest BCUT2D eigenvalue weighted by Crippen LogP contribution is -2.55. The largest absolute Gasteiger partial charge is 0.390 e. The van der Waals surface area contributed by atoms with Crippen molar-refractivity contribution in [3.63, 3.8) is 0 Å². The molecule has 0 amide bonds. The standard InChI is InChI=1S/C11H17O/c1-11(12)9-3-7-2-8(5-9)6-10(11)4-7/h7,9-10,12H,2-6H2,1H3. The Morgan fingerprint density at radius 2 is 1.75 bits per heavy atom. The maximum atomic E-state index is 10.3. The van der Waals surface area contributed by atoms with Crippen molar-refractivity contribution in [2.45, 2.75) is 44.6 Å². The van der Waals surface area contributed by atoms with E-state index in [2.05, 4.69) is 6.92 Å². The van der Waals surface area contributed by atoms with Crippen LogP contribution in [-0.4, -0.2) is 10.7 Å². The van der Waals surface area contributed by atoms with Crippen molar-refractivity contribution in [3.05, 3.63) is 5.92 Å². The Kier molecular flexibility index (Phi) is 1.27. The van der Waals surface area contributed by atoms with Crippen LogP contribution in [0.4, 0.5) is 0 Å². The minimum atomic E-state index is -0.319. The molecule has 2 unspecified atom stereocenters. The van der Waals surface area contributed by atoms with Crippen LogP contribution in [0, 0.1) is 23.7 Å². The Morgan fingerprint density at radius 1 is 1.17 bits per heavy atom. The van der Waals surface area contributed by atoms with E-state index in [1.165, 1.54) is 32.1 Å². The van der Waals surface area contributed by atoms with E-state index in [0.29, 0.717) is 11.8 Å². The molecule has 4 aliphatic carbocycles. The van der Waals surface area contributed by atoms with Crippen LogP contribution in [0.25, 0.3) is 0 Å². The monoisotopic (exact) mass is 165 g/mol. The first-order valence-corrected chi connectivity index (χ1v) is 5.22. The van der Waals surface area contributed by atoms with Crippen LogP contribution >= 0.6 is 0 Å². The van der Waals surface area contributed by atoms with Crippen LogP contribution in [0.2, 0.25) is 0 Å². The zero-order valence-corrected chi connectivity index (χ0v) is 7.71. The lowest BCUT2D eigenvalue weighted by atomic mass is 9.50. The SMILES string of the molecule is CC1(O)C2C[C]3CC(C2)CC1C3. The third kappa shape index (κ3) is 0.783. The van der Waals surface area contributed by atoms with Crippen molar-refractivity contribution in [2.24, 2.45) is 17.8 Å². The smallest absolute Gasteiger partial charge is 0.0676 e. The Labute approximate surface area is 74.2 Å². The van der Waals surface area contributed by atoms with E-state index in [9.17, 15) is 5.11 Å². The van der Waals surface area contributed by atoms with Crippen LogP contribution in [0.5, 0.6) is 0 Å². The van der Waals surface area contributed by atoms with Gasteiger partial charge in [-0.2, -0.15) is 0 Å². The molecule has 4 fully saturated rings. The topological polar surface area (TPSA) is 20.2 Å². The van der Waals surface area contributed by atoms with Crippen molar-refractivity contribution < 1.29 is 5.11 Å². The predicted octanol–water partition coefficient (Wildman–Crippen LogP) is 2.15. The van der Waals surface area contributed by atoms with Crippen LogP contribution in [-0.2, 0) is 0 Å². The van der Waals surface area contributed by atoms with Gasteiger partial charge in [-0.05, 0) is 62.7 Å². The summed E-state index contributed by atoms with van der Waals surface area (Å²) in [6.07, 6.45) is 6.46. The molecule has 0 heterocycles. The maximum Gasteiger partial charge on any atom is 0.0676 e. The number of aliphatic hydroxyl groups is 1. The lowest BCUT2D eigenvalue weighted by molar-refractivity contribution is -0.131. The third-order valence-corrected chi connectivity index (χ3v) is 4.54. The molecule has 0 spiro atoms. The fourth-order valence-electron chi connectivity index (χ4n) is 3.81. The number of hydrogen-bond donors (Lipinski definition) is 1. The molecule has 2 atom stereocenters. The fourth-order valence-corrected chi connectivity index (χ4v) is 3.81. The molecule has 1 heteroatoms. The zero-order valence-electron chi connectivity index (χ0n) is 7.71. The third-order valence-electron chi connectivity index (χ3n) is 4.54. The average Bonchev–Trinajstić information content (AvgIpc) is 1.99. The van der Waals surface area contributed by atoms with E-state index >= 15 is 0 Å². The first-order chi connectivity index (χ1) is 5.66. The summed E-state index contributed by atoms with van der Waals surface area (Å²) in [5.74, 6) is 3.93. The van der Waals surface area contributed by atoms with Gasteiger partial charge in [0.1, 0.15) is 0 Å². The van der Waals surface area contributed by atoms with Gasteiger partial charge in [0, 0.05) is 0 Å². The highest BCUT2D eigenvalue weighted by Crippen LogP contribution is 2.58. The molecular formula is C11H17O. The molecular weight excluding hydrogens is 148 g/mol. The second kappa shape index (κ2) is 2.06. The highest BCUT2D eigenvalue weighted by molar-refractivity contribution is 5.15. The van der Waals surface area contributed by atoms with Crippen molar-refractivity contribution >= 4 is 0 Å². The molecule has 1 radical (unpaired) electrons. The molecule has 0 saturated heterocycles. The first kappa shape index (κ1) is 7.37. The molecule has 0 aromatic carbocycles. The van der Waals surface area contributed by atoms with E-state index in [4.69, 9.17) is 0 Å². The number of hydrogen-bond acceptors (Lipinski definition) is 1. The van der Waals surface area contributed by atoms with Gasteiger partial charge in [0.2, 0.25) is 0 Å². The summed E-state index contributed by atoms with van der Waals surface area (Å²) >= 11 is 0. The van der Waals surface area contributed by atoms with Crippen molar-refractivity contribution in [1.82, 2.24) is 0 Å². The van der Waals surface area contributed by atoms with Gasteiger partial charge in [-0.3, -0.25) is 0 Å². The molecule has 0 aromatic rings. The van der Waals surface area contributed by atoms with E-state index in [-0.39, 0.29) is 5.60 Å². The summed E-state index contributed by atoms with van der Waals surface area (Å²) in [7, 11) is 0. The van der Waals surface area contributed by atoms with E-state index in [1.54, 1.807) is 5.92 Å². The molecule has 4 aliphatic rings. The van der Waals surface area contributed by atoms with Gasteiger partial charge in [-0.25, -0.2) is 0 Å². The van der Waals surface area contributed by atoms with Gasteiger partial charge in [-0.1, -0.05) is 0 Å². The van der Waals surface area contributed by atoms with Gasteiger partial charge in [-0.15, -0.1) is 0 Å². The normalized spacial score (nSPS) is 58.0. The molecule has 12 heavy (non-hydrogen) atoms. The molecule has 1 N–H and O–H groups in total. The Hall–Kier alpha value is -0.0400. The van der Waals surface area contributed by atoms with E-state index < -0.39 is 0 Å². The minimum absolute atomic E-state index is 0.319. The first-order valence-electron chi connectivity index (χ1n) is 5.22. The molecule has 0 aromatic heterocycles. The summed E-state index contributed by atoms with van der Waals surface area (Å²) in [5, 5.41) is 10.3. The highest BCUT2D eigenvalue weighted by Gasteiger charge is 2.54. The Balaban J connectivity index is 1.96. The van der Waals surface area contributed by atoms with Gasteiger partial charge in [0.05, 0.1) is 5.60 Å². The Morgan fingerprint density at radius 3 is 2.25 bits per heavy atom. The van der Waals surface area contributed by atoms with Gasteiger partial charge < -0.3 is 5.11 Å². The molecule has 4 bridgehead atoms. The summed E-state index contributed by atoms with van der Waals surface area (Å²) in [5.41, 5.74) is -0.319. The van der Waals surface area contributed by atoms with E-state index in [1.807, 2.05) is 0 Å². The van der Waals surface area contributed by atoms with Crippen LogP contribution in [0.3, 0.4) is 0 Å².